The number of hydrogen-bond acceptors (Lipinski definition) is 4. The van der Waals surface area contributed by atoms with Gasteiger partial charge in [0.2, 0.25) is 0 Å². The summed E-state index contributed by atoms with van der Waals surface area (Å²) in [5.41, 5.74) is 4.92. The third-order valence-electron chi connectivity index (χ3n) is 4.72. The van der Waals surface area contributed by atoms with Crippen LogP contribution in [0.25, 0.3) is 10.9 Å². The Hall–Kier alpha value is -2.12. The van der Waals surface area contributed by atoms with Gasteiger partial charge >= 0.3 is 0 Å². The van der Waals surface area contributed by atoms with Gasteiger partial charge < -0.3 is 10.2 Å². The highest BCUT2D eigenvalue weighted by Crippen LogP contribution is 2.29. The van der Waals surface area contributed by atoms with Crippen LogP contribution in [0.2, 0.25) is 0 Å². The van der Waals surface area contributed by atoms with E-state index in [1.54, 1.807) is 6.20 Å². The van der Waals surface area contributed by atoms with E-state index in [9.17, 15) is 5.26 Å². The molecule has 0 spiro atoms. The van der Waals surface area contributed by atoms with Gasteiger partial charge in [0.05, 0.1) is 16.8 Å². The van der Waals surface area contributed by atoms with Gasteiger partial charge in [0.1, 0.15) is 6.07 Å². The van der Waals surface area contributed by atoms with Crippen LogP contribution in [0.1, 0.15) is 29.5 Å². The monoisotopic (exact) mass is 308 g/mol. The lowest BCUT2D eigenvalue weighted by atomic mass is 9.97. The molecule has 2 heterocycles. The Kier molecular flexibility index (Phi) is 4.49. The molecule has 1 aliphatic rings. The van der Waals surface area contributed by atoms with Gasteiger partial charge in [-0.15, -0.1) is 0 Å². The summed E-state index contributed by atoms with van der Waals surface area (Å²) in [5.74, 6) is 0.634. The van der Waals surface area contributed by atoms with Crippen LogP contribution in [0.4, 0.5) is 5.69 Å². The molecule has 4 nitrogen and oxygen atoms in total. The molecular formula is C19H24N4. The van der Waals surface area contributed by atoms with E-state index >= 15 is 0 Å². The lowest BCUT2D eigenvalue weighted by molar-refractivity contribution is 0.217. The highest BCUT2D eigenvalue weighted by Gasteiger charge is 2.18. The molecule has 0 saturated carbocycles. The second-order valence-electron chi connectivity index (χ2n) is 6.79. The Bertz CT molecular complexity index is 760. The summed E-state index contributed by atoms with van der Waals surface area (Å²) in [6.07, 6.45) is 4.20. The molecule has 120 valence electrons. The standard InChI is InChI=1S/C19H24N4/c1-13-7-14(2)18-17(8-13)19(16(9-20)11-22-18)21-10-15-5-4-6-23(3)12-15/h7-8,11,15H,4-6,10,12H2,1-3H3,(H,21,22). The fraction of sp³-hybridized carbons (Fsp3) is 0.474. The van der Waals surface area contributed by atoms with E-state index < -0.39 is 0 Å². The minimum atomic E-state index is 0.631. The Morgan fingerprint density at radius 1 is 1.39 bits per heavy atom. The SMILES string of the molecule is Cc1cc(C)c2ncc(C#N)c(NCC3CCCN(C)C3)c2c1. The number of hydrogen-bond donors (Lipinski definition) is 1. The lowest BCUT2D eigenvalue weighted by Gasteiger charge is -2.30. The number of aryl methyl sites for hydroxylation is 2. The van der Waals surface area contributed by atoms with Crippen molar-refractivity contribution >= 4 is 16.6 Å². The number of nitrogens with zero attached hydrogens (tertiary/aromatic N) is 3. The van der Waals surface area contributed by atoms with E-state index in [1.807, 2.05) is 0 Å². The first-order valence-electron chi connectivity index (χ1n) is 8.31. The molecule has 1 unspecified atom stereocenters. The molecule has 2 aromatic rings. The zero-order chi connectivity index (χ0) is 16.4. The van der Waals surface area contributed by atoms with Crippen molar-refractivity contribution in [1.82, 2.24) is 9.88 Å². The first kappa shape index (κ1) is 15.8. The lowest BCUT2D eigenvalue weighted by Crippen LogP contribution is -2.35. The normalized spacial score (nSPS) is 18.8. The van der Waals surface area contributed by atoms with Crippen molar-refractivity contribution < 1.29 is 0 Å². The predicted octanol–water partition coefficient (Wildman–Crippen LogP) is 3.48. The number of rotatable bonds is 3. The number of aromatic nitrogens is 1. The van der Waals surface area contributed by atoms with Crippen LogP contribution < -0.4 is 5.32 Å². The van der Waals surface area contributed by atoms with E-state index in [1.165, 1.54) is 24.9 Å². The third kappa shape index (κ3) is 3.30. The van der Waals surface area contributed by atoms with E-state index in [0.29, 0.717) is 11.5 Å². The average molecular weight is 308 g/mol. The van der Waals surface area contributed by atoms with Crippen LogP contribution in [0, 0.1) is 31.1 Å². The Balaban J connectivity index is 1.93. The molecule has 23 heavy (non-hydrogen) atoms. The number of nitrogens with one attached hydrogen (secondary N) is 1. The molecule has 1 aromatic carbocycles. The number of nitriles is 1. The topological polar surface area (TPSA) is 52.0 Å². The van der Waals surface area contributed by atoms with Gasteiger partial charge in [0.15, 0.2) is 0 Å². The Morgan fingerprint density at radius 3 is 2.96 bits per heavy atom. The molecule has 1 atom stereocenters. The summed E-state index contributed by atoms with van der Waals surface area (Å²) >= 11 is 0. The fourth-order valence-electron chi connectivity index (χ4n) is 3.62. The summed E-state index contributed by atoms with van der Waals surface area (Å²) < 4.78 is 0. The minimum absolute atomic E-state index is 0.631. The van der Waals surface area contributed by atoms with Crippen LogP contribution >= 0.6 is 0 Å². The zero-order valence-electron chi connectivity index (χ0n) is 14.2. The number of pyridine rings is 1. The molecule has 3 rings (SSSR count). The number of likely N-dealkylation sites (tertiary alicyclic amines) is 1. The molecule has 0 radical (unpaired) electrons. The van der Waals surface area contributed by atoms with Gasteiger partial charge in [-0.1, -0.05) is 11.6 Å². The second-order valence-corrected chi connectivity index (χ2v) is 6.79. The first-order valence-corrected chi connectivity index (χ1v) is 8.31. The summed E-state index contributed by atoms with van der Waals surface area (Å²) in [6.45, 7) is 7.39. The number of anilines is 1. The van der Waals surface area contributed by atoms with Crippen molar-refractivity contribution in [3.05, 3.63) is 35.0 Å². The summed E-state index contributed by atoms with van der Waals surface area (Å²) in [4.78, 5) is 6.88. The van der Waals surface area contributed by atoms with E-state index in [-0.39, 0.29) is 0 Å². The number of benzene rings is 1. The van der Waals surface area contributed by atoms with E-state index in [2.05, 4.69) is 54.3 Å². The van der Waals surface area contributed by atoms with Gasteiger partial charge in [-0.3, -0.25) is 4.98 Å². The van der Waals surface area contributed by atoms with Crippen molar-refractivity contribution in [2.75, 3.05) is 32.0 Å². The van der Waals surface area contributed by atoms with Crippen molar-refractivity contribution in [3.8, 4) is 6.07 Å². The molecule has 1 aliphatic heterocycles. The highest BCUT2D eigenvalue weighted by atomic mass is 15.1. The molecule has 1 saturated heterocycles. The summed E-state index contributed by atoms with van der Waals surface area (Å²) in [6, 6.07) is 6.56. The smallest absolute Gasteiger partial charge is 0.103 e. The van der Waals surface area contributed by atoms with Crippen molar-refractivity contribution in [2.45, 2.75) is 26.7 Å². The van der Waals surface area contributed by atoms with Crippen LogP contribution in [-0.4, -0.2) is 36.6 Å². The molecule has 0 amide bonds. The van der Waals surface area contributed by atoms with Crippen molar-refractivity contribution in [3.63, 3.8) is 0 Å². The van der Waals surface area contributed by atoms with Gasteiger partial charge in [-0.25, -0.2) is 0 Å². The molecule has 1 N–H and O–H groups in total. The molecule has 1 fully saturated rings. The maximum atomic E-state index is 9.46. The Labute approximate surface area is 138 Å². The first-order chi connectivity index (χ1) is 11.1. The molecule has 0 bridgehead atoms. The number of piperidine rings is 1. The van der Waals surface area contributed by atoms with E-state index in [4.69, 9.17) is 0 Å². The molecule has 0 aliphatic carbocycles. The van der Waals surface area contributed by atoms with Gasteiger partial charge in [-0.05, 0) is 57.8 Å². The second kappa shape index (κ2) is 6.55. The summed E-state index contributed by atoms with van der Waals surface area (Å²) in [7, 11) is 2.18. The molecular weight excluding hydrogens is 284 g/mol. The third-order valence-corrected chi connectivity index (χ3v) is 4.72. The van der Waals surface area contributed by atoms with Crippen molar-refractivity contribution in [1.29, 1.82) is 5.26 Å². The number of fused-ring (bicyclic) bond motifs is 1. The Morgan fingerprint density at radius 2 is 2.22 bits per heavy atom. The zero-order valence-corrected chi connectivity index (χ0v) is 14.2. The highest BCUT2D eigenvalue weighted by molar-refractivity contribution is 5.96. The predicted molar refractivity (Wildman–Crippen MR) is 94.6 cm³/mol. The maximum absolute atomic E-state index is 9.46. The largest absolute Gasteiger partial charge is 0.383 e. The van der Waals surface area contributed by atoms with Crippen LogP contribution in [-0.2, 0) is 0 Å². The van der Waals surface area contributed by atoms with Crippen LogP contribution in [0.5, 0.6) is 0 Å². The fourth-order valence-corrected chi connectivity index (χ4v) is 3.62. The van der Waals surface area contributed by atoms with Crippen LogP contribution in [0.15, 0.2) is 18.3 Å². The van der Waals surface area contributed by atoms with Crippen LogP contribution in [0.3, 0.4) is 0 Å². The van der Waals surface area contributed by atoms with Gasteiger partial charge in [-0.2, -0.15) is 5.26 Å². The molecule has 4 heteroatoms. The molecule has 1 aromatic heterocycles. The maximum Gasteiger partial charge on any atom is 0.103 e. The van der Waals surface area contributed by atoms with Gasteiger partial charge in [0, 0.05) is 24.7 Å². The minimum Gasteiger partial charge on any atom is -0.383 e. The van der Waals surface area contributed by atoms with Gasteiger partial charge in [0.25, 0.3) is 0 Å². The average Bonchev–Trinajstić information content (AvgIpc) is 2.52. The summed E-state index contributed by atoms with van der Waals surface area (Å²) in [5, 5.41) is 14.1. The van der Waals surface area contributed by atoms with E-state index in [0.717, 1.165) is 35.2 Å². The van der Waals surface area contributed by atoms with Crippen molar-refractivity contribution in [2.24, 2.45) is 5.92 Å². The quantitative estimate of drug-likeness (QED) is 0.943.